The van der Waals surface area contributed by atoms with E-state index in [1.807, 2.05) is 39.0 Å². The Morgan fingerprint density at radius 2 is 2.06 bits per heavy atom. The van der Waals surface area contributed by atoms with Gasteiger partial charge < -0.3 is 5.32 Å². The predicted octanol–water partition coefficient (Wildman–Crippen LogP) is 2.97. The van der Waals surface area contributed by atoms with Crippen molar-refractivity contribution in [3.63, 3.8) is 0 Å². The molecule has 1 rings (SSSR count). The highest BCUT2D eigenvalue weighted by Crippen LogP contribution is 2.21. The minimum Gasteiger partial charge on any atom is -0.346 e. The summed E-state index contributed by atoms with van der Waals surface area (Å²) in [4.78, 5) is 11.6. The molecule has 0 aliphatic heterocycles. The molecule has 0 aliphatic carbocycles. The van der Waals surface area contributed by atoms with E-state index in [9.17, 15) is 4.79 Å². The Labute approximate surface area is 102 Å². The topological polar surface area (TPSA) is 29.1 Å². The largest absolute Gasteiger partial charge is 0.346 e. The third kappa shape index (κ3) is 3.24. The van der Waals surface area contributed by atoms with Crippen LogP contribution in [-0.2, 0) is 10.3 Å². The van der Waals surface area contributed by atoms with Crippen LogP contribution >= 0.6 is 11.6 Å². The summed E-state index contributed by atoms with van der Waals surface area (Å²) in [5.41, 5.74) is 1.86. The molecule has 0 saturated heterocycles. The van der Waals surface area contributed by atoms with Gasteiger partial charge in [0.05, 0.1) is 5.54 Å². The molecule has 1 N–H and O–H groups in total. The Balaban J connectivity index is 2.89. The molecule has 88 valence electrons. The molecule has 3 heteroatoms. The molecule has 1 aromatic carbocycles. The lowest BCUT2D eigenvalue weighted by Gasteiger charge is -2.27. The molecule has 0 radical (unpaired) electrons. The molecule has 0 heterocycles. The number of benzene rings is 1. The van der Waals surface area contributed by atoms with Gasteiger partial charge in [-0.1, -0.05) is 29.8 Å². The summed E-state index contributed by atoms with van der Waals surface area (Å²) in [6.07, 6.45) is 0. The number of aryl methyl sites for hydroxylation is 1. The molecule has 1 atom stereocenters. The van der Waals surface area contributed by atoms with E-state index in [4.69, 9.17) is 11.6 Å². The highest BCUT2D eigenvalue weighted by Gasteiger charge is 2.24. The first-order valence-corrected chi connectivity index (χ1v) is 5.80. The van der Waals surface area contributed by atoms with Crippen LogP contribution in [0.5, 0.6) is 0 Å². The standard InChI is InChI=1S/C13H18ClNO/c1-9-6-5-7-11(8-9)13(3,4)15-12(16)10(2)14/h5-8,10H,1-4H3,(H,15,16). The van der Waals surface area contributed by atoms with Gasteiger partial charge in [-0.25, -0.2) is 0 Å². The van der Waals surface area contributed by atoms with Gasteiger partial charge in [-0.15, -0.1) is 11.6 Å². The Morgan fingerprint density at radius 3 is 2.56 bits per heavy atom. The second-order valence-corrected chi connectivity index (χ2v) is 5.25. The van der Waals surface area contributed by atoms with E-state index in [2.05, 4.69) is 11.4 Å². The monoisotopic (exact) mass is 239 g/mol. The number of hydrogen-bond donors (Lipinski definition) is 1. The van der Waals surface area contributed by atoms with E-state index < -0.39 is 10.9 Å². The van der Waals surface area contributed by atoms with Crippen LogP contribution in [0.1, 0.15) is 31.9 Å². The zero-order chi connectivity index (χ0) is 12.3. The fourth-order valence-corrected chi connectivity index (χ4v) is 1.57. The van der Waals surface area contributed by atoms with Crippen molar-refractivity contribution in [2.75, 3.05) is 0 Å². The molecule has 2 nitrogen and oxygen atoms in total. The van der Waals surface area contributed by atoms with Crippen molar-refractivity contribution < 1.29 is 4.79 Å². The summed E-state index contributed by atoms with van der Waals surface area (Å²) in [5.74, 6) is -0.145. The van der Waals surface area contributed by atoms with Crippen LogP contribution in [0.2, 0.25) is 0 Å². The van der Waals surface area contributed by atoms with Crippen LogP contribution in [0, 0.1) is 6.92 Å². The van der Waals surface area contributed by atoms with Crippen molar-refractivity contribution in [1.82, 2.24) is 5.32 Å². The highest BCUT2D eigenvalue weighted by atomic mass is 35.5. The smallest absolute Gasteiger partial charge is 0.238 e. The minimum atomic E-state index is -0.510. The van der Waals surface area contributed by atoms with Crippen molar-refractivity contribution in [2.45, 2.75) is 38.6 Å². The van der Waals surface area contributed by atoms with Gasteiger partial charge in [0.25, 0.3) is 0 Å². The highest BCUT2D eigenvalue weighted by molar-refractivity contribution is 6.30. The van der Waals surface area contributed by atoms with Gasteiger partial charge in [0.15, 0.2) is 0 Å². The third-order valence-corrected chi connectivity index (χ3v) is 2.73. The lowest BCUT2D eigenvalue weighted by Crippen LogP contribution is -2.43. The van der Waals surface area contributed by atoms with Crippen molar-refractivity contribution >= 4 is 17.5 Å². The van der Waals surface area contributed by atoms with Crippen molar-refractivity contribution in [2.24, 2.45) is 0 Å². The average molecular weight is 240 g/mol. The van der Waals surface area contributed by atoms with E-state index in [0.29, 0.717) is 0 Å². The number of halogens is 1. The SMILES string of the molecule is Cc1cccc(C(C)(C)NC(=O)C(C)Cl)c1. The summed E-state index contributed by atoms with van der Waals surface area (Å²) < 4.78 is 0. The summed E-state index contributed by atoms with van der Waals surface area (Å²) >= 11 is 5.74. The van der Waals surface area contributed by atoms with E-state index >= 15 is 0 Å². The van der Waals surface area contributed by atoms with E-state index in [1.54, 1.807) is 6.92 Å². The lowest BCUT2D eigenvalue weighted by atomic mass is 9.93. The van der Waals surface area contributed by atoms with Crippen LogP contribution in [0.25, 0.3) is 0 Å². The van der Waals surface area contributed by atoms with Crippen molar-refractivity contribution in [3.8, 4) is 0 Å². The van der Waals surface area contributed by atoms with Gasteiger partial charge in [0.1, 0.15) is 5.38 Å². The second kappa shape index (κ2) is 4.88. The van der Waals surface area contributed by atoms with Gasteiger partial charge in [-0.05, 0) is 33.3 Å². The van der Waals surface area contributed by atoms with Gasteiger partial charge >= 0.3 is 0 Å². The summed E-state index contributed by atoms with van der Waals surface area (Å²) in [7, 11) is 0. The molecule has 1 unspecified atom stereocenters. The van der Waals surface area contributed by atoms with Crippen LogP contribution in [-0.4, -0.2) is 11.3 Å². The number of amides is 1. The molecule has 0 saturated carbocycles. The Morgan fingerprint density at radius 1 is 1.44 bits per heavy atom. The number of rotatable bonds is 3. The number of alkyl halides is 1. The second-order valence-electron chi connectivity index (χ2n) is 4.60. The molecular weight excluding hydrogens is 222 g/mol. The molecule has 0 fully saturated rings. The van der Waals surface area contributed by atoms with Gasteiger partial charge in [-0.3, -0.25) is 4.79 Å². The molecule has 1 amide bonds. The van der Waals surface area contributed by atoms with Gasteiger partial charge in [0.2, 0.25) is 5.91 Å². The number of carbonyl (C=O) groups excluding carboxylic acids is 1. The third-order valence-electron chi connectivity index (χ3n) is 2.54. The number of nitrogens with one attached hydrogen (secondary N) is 1. The molecule has 0 spiro atoms. The maximum Gasteiger partial charge on any atom is 0.238 e. The molecule has 0 bridgehead atoms. The first-order chi connectivity index (χ1) is 7.33. The average Bonchev–Trinajstić information content (AvgIpc) is 2.17. The molecule has 0 aliphatic rings. The molecule has 0 aromatic heterocycles. The fourth-order valence-electron chi connectivity index (χ4n) is 1.51. The van der Waals surface area contributed by atoms with E-state index in [-0.39, 0.29) is 5.91 Å². The minimum absolute atomic E-state index is 0.145. The fraction of sp³-hybridized carbons (Fsp3) is 0.462. The summed E-state index contributed by atoms with van der Waals surface area (Å²) in [6, 6.07) is 8.10. The van der Waals surface area contributed by atoms with Gasteiger partial charge in [-0.2, -0.15) is 0 Å². The van der Waals surface area contributed by atoms with Crippen LogP contribution in [0.4, 0.5) is 0 Å². The molecule has 16 heavy (non-hydrogen) atoms. The zero-order valence-electron chi connectivity index (χ0n) is 10.2. The van der Waals surface area contributed by atoms with Crippen molar-refractivity contribution in [3.05, 3.63) is 35.4 Å². The lowest BCUT2D eigenvalue weighted by molar-refractivity contribution is -0.122. The zero-order valence-corrected chi connectivity index (χ0v) is 10.9. The van der Waals surface area contributed by atoms with Gasteiger partial charge in [0, 0.05) is 0 Å². The summed E-state index contributed by atoms with van der Waals surface area (Å²) in [6.45, 7) is 7.65. The number of carbonyl (C=O) groups is 1. The Bertz CT molecular complexity index is 385. The first-order valence-electron chi connectivity index (χ1n) is 5.36. The Hall–Kier alpha value is -1.02. The quantitative estimate of drug-likeness (QED) is 0.808. The molecular formula is C13H18ClNO. The maximum atomic E-state index is 11.6. The van der Waals surface area contributed by atoms with E-state index in [1.165, 1.54) is 5.56 Å². The first kappa shape index (κ1) is 13.0. The molecule has 1 aromatic rings. The maximum absolute atomic E-state index is 11.6. The van der Waals surface area contributed by atoms with Crippen molar-refractivity contribution in [1.29, 1.82) is 0 Å². The van der Waals surface area contributed by atoms with Crippen LogP contribution < -0.4 is 5.32 Å². The summed E-state index contributed by atoms with van der Waals surface area (Å²) in [5, 5.41) is 2.42. The van der Waals surface area contributed by atoms with Crippen LogP contribution in [0.3, 0.4) is 0 Å². The number of hydrogen-bond acceptors (Lipinski definition) is 1. The van der Waals surface area contributed by atoms with E-state index in [0.717, 1.165) is 5.56 Å². The van der Waals surface area contributed by atoms with Crippen LogP contribution in [0.15, 0.2) is 24.3 Å². The Kier molecular flexibility index (Phi) is 3.98. The predicted molar refractivity (Wildman–Crippen MR) is 67.7 cm³/mol. The normalized spacial score (nSPS) is 13.3.